The second-order valence-corrected chi connectivity index (χ2v) is 9.33. The quantitative estimate of drug-likeness (QED) is 0.269. The van der Waals surface area contributed by atoms with Crippen molar-refractivity contribution in [1.29, 1.82) is 0 Å². The molecule has 9 nitrogen and oxygen atoms in total. The van der Waals surface area contributed by atoms with Gasteiger partial charge in [0.15, 0.2) is 17.3 Å². The maximum absolute atomic E-state index is 9.72. The lowest BCUT2D eigenvalue weighted by Crippen LogP contribution is -1.99. The van der Waals surface area contributed by atoms with Gasteiger partial charge in [-0.15, -0.1) is 11.3 Å². The lowest BCUT2D eigenvalue weighted by Gasteiger charge is -2.14. The molecule has 0 saturated carbocycles. The molecule has 0 bridgehead atoms. The summed E-state index contributed by atoms with van der Waals surface area (Å²) in [5.74, 6) is 3.44. The summed E-state index contributed by atoms with van der Waals surface area (Å²) in [6.45, 7) is 2.06. The van der Waals surface area contributed by atoms with Gasteiger partial charge in [0, 0.05) is 22.6 Å². The van der Waals surface area contributed by atoms with Gasteiger partial charge in [-0.25, -0.2) is 15.0 Å². The van der Waals surface area contributed by atoms with E-state index in [0.29, 0.717) is 34.7 Å². The predicted molar refractivity (Wildman–Crippen MR) is 145 cm³/mol. The third kappa shape index (κ3) is 4.81. The van der Waals surface area contributed by atoms with Crippen LogP contribution in [0.4, 0.5) is 11.6 Å². The molecule has 5 aromatic rings. The Morgan fingerprint density at radius 3 is 2.46 bits per heavy atom. The van der Waals surface area contributed by atoms with Crippen molar-refractivity contribution in [3.63, 3.8) is 0 Å². The average molecular weight is 518 g/mol. The molecule has 0 radical (unpaired) electrons. The van der Waals surface area contributed by atoms with Crippen molar-refractivity contribution < 1.29 is 19.3 Å². The highest BCUT2D eigenvalue weighted by Gasteiger charge is 2.17. The van der Waals surface area contributed by atoms with Gasteiger partial charge < -0.3 is 29.2 Å². The summed E-state index contributed by atoms with van der Waals surface area (Å²) in [5.41, 5.74) is 2.94. The van der Waals surface area contributed by atoms with Crippen molar-refractivity contribution in [2.45, 2.75) is 20.0 Å². The van der Waals surface area contributed by atoms with E-state index in [1.807, 2.05) is 41.1 Å². The number of anilines is 2. The number of aryl methyl sites for hydroxylation is 1. The maximum atomic E-state index is 9.72. The number of nitrogens with one attached hydrogen (secondary N) is 1. The topological polar surface area (TPSA) is 104 Å². The van der Waals surface area contributed by atoms with Gasteiger partial charge >= 0.3 is 0 Å². The first-order valence-corrected chi connectivity index (χ1v) is 12.5. The number of benzene rings is 2. The molecule has 3 heterocycles. The van der Waals surface area contributed by atoms with Crippen molar-refractivity contribution in [3.05, 3.63) is 65.4 Å². The number of rotatable bonds is 9. The fourth-order valence-electron chi connectivity index (χ4n) is 4.07. The first-order chi connectivity index (χ1) is 18.1. The van der Waals surface area contributed by atoms with Crippen molar-refractivity contribution >= 4 is 33.2 Å². The van der Waals surface area contributed by atoms with Gasteiger partial charge in [0.1, 0.15) is 22.8 Å². The predicted octanol–water partition coefficient (Wildman–Crippen LogP) is 5.37. The van der Waals surface area contributed by atoms with Gasteiger partial charge in [0.2, 0.25) is 5.75 Å². The van der Waals surface area contributed by atoms with Crippen LogP contribution in [0.15, 0.2) is 55.0 Å². The smallest absolute Gasteiger partial charge is 0.203 e. The van der Waals surface area contributed by atoms with E-state index in [1.165, 1.54) is 16.9 Å². The van der Waals surface area contributed by atoms with E-state index in [0.717, 1.165) is 32.8 Å². The highest BCUT2D eigenvalue weighted by Crippen LogP contribution is 2.39. The van der Waals surface area contributed by atoms with E-state index in [1.54, 1.807) is 27.7 Å². The lowest BCUT2D eigenvalue weighted by molar-refractivity contribution is 0.285. The summed E-state index contributed by atoms with van der Waals surface area (Å²) >= 11 is 1.45. The Hall–Kier alpha value is -4.15. The summed E-state index contributed by atoms with van der Waals surface area (Å²) in [5, 5.41) is 13.9. The normalized spacial score (nSPS) is 11.1. The van der Waals surface area contributed by atoms with Gasteiger partial charge in [-0.05, 0) is 24.1 Å². The second kappa shape index (κ2) is 10.5. The van der Waals surface area contributed by atoms with E-state index >= 15 is 0 Å². The number of ether oxygens (including phenoxy) is 3. The zero-order chi connectivity index (χ0) is 25.9. The van der Waals surface area contributed by atoms with Crippen LogP contribution in [0.5, 0.6) is 17.2 Å². The Balaban J connectivity index is 1.54. The van der Waals surface area contributed by atoms with Crippen LogP contribution in [0, 0.1) is 0 Å². The maximum Gasteiger partial charge on any atom is 0.203 e. The molecule has 37 heavy (non-hydrogen) atoms. The number of aromatic nitrogens is 4. The molecule has 0 amide bonds. The molecule has 0 atom stereocenters. The van der Waals surface area contributed by atoms with E-state index in [-0.39, 0.29) is 6.61 Å². The molecule has 0 spiro atoms. The molecule has 0 saturated heterocycles. The number of nitrogens with zero attached hydrogens (tertiary/aromatic N) is 4. The molecule has 0 aliphatic heterocycles. The summed E-state index contributed by atoms with van der Waals surface area (Å²) in [7, 11) is 4.73. The van der Waals surface area contributed by atoms with E-state index in [2.05, 4.69) is 29.4 Å². The van der Waals surface area contributed by atoms with E-state index in [4.69, 9.17) is 24.2 Å². The molecule has 190 valence electrons. The molecule has 10 heteroatoms. The minimum atomic E-state index is -0.0586. The first kappa shape index (κ1) is 24.5. The second-order valence-electron chi connectivity index (χ2n) is 8.21. The Bertz CT molecular complexity index is 1540. The summed E-state index contributed by atoms with van der Waals surface area (Å²) in [4.78, 5) is 15.8. The lowest BCUT2D eigenvalue weighted by atomic mass is 10.1. The minimum Gasteiger partial charge on any atom is -0.493 e. The Kier molecular flexibility index (Phi) is 6.93. The summed E-state index contributed by atoms with van der Waals surface area (Å²) in [6, 6.07) is 13.8. The van der Waals surface area contributed by atoms with Crippen LogP contribution in [0.3, 0.4) is 0 Å². The number of imidazole rings is 1. The van der Waals surface area contributed by atoms with Crippen molar-refractivity contribution in [1.82, 2.24) is 19.5 Å². The SMILES string of the molecule is CCc1cccc(-c2nc(Nc3cn(-c4cc(OC)c(OC)c(OC)c4)cn3)c3cc(CO)sc3n2)c1. The van der Waals surface area contributed by atoms with Crippen LogP contribution < -0.4 is 19.5 Å². The Labute approximate surface area is 218 Å². The zero-order valence-electron chi connectivity index (χ0n) is 21.0. The number of aliphatic hydroxyl groups excluding tert-OH is 1. The van der Waals surface area contributed by atoms with Crippen molar-refractivity contribution in [2.75, 3.05) is 26.6 Å². The largest absolute Gasteiger partial charge is 0.493 e. The molecule has 2 N–H and O–H groups in total. The van der Waals surface area contributed by atoms with Gasteiger partial charge in [0.05, 0.1) is 45.2 Å². The number of methoxy groups -OCH3 is 3. The molecular weight excluding hydrogens is 490 g/mol. The molecule has 0 unspecified atom stereocenters. The fraction of sp³-hybridized carbons (Fsp3) is 0.222. The number of hydrogen-bond donors (Lipinski definition) is 2. The number of aliphatic hydroxyl groups is 1. The molecule has 0 fully saturated rings. The van der Waals surface area contributed by atoms with Crippen LogP contribution >= 0.6 is 11.3 Å². The molecule has 3 aromatic heterocycles. The number of thiophene rings is 1. The third-order valence-corrected chi connectivity index (χ3v) is 6.98. The first-order valence-electron chi connectivity index (χ1n) is 11.7. The summed E-state index contributed by atoms with van der Waals surface area (Å²) < 4.78 is 18.3. The monoisotopic (exact) mass is 517 g/mol. The van der Waals surface area contributed by atoms with Crippen molar-refractivity contribution in [3.8, 4) is 34.3 Å². The Morgan fingerprint density at radius 1 is 1.00 bits per heavy atom. The third-order valence-electron chi connectivity index (χ3n) is 5.97. The van der Waals surface area contributed by atoms with Gasteiger partial charge in [-0.1, -0.05) is 25.1 Å². The fourth-order valence-corrected chi connectivity index (χ4v) is 4.96. The van der Waals surface area contributed by atoms with E-state index in [9.17, 15) is 5.11 Å². The van der Waals surface area contributed by atoms with Crippen molar-refractivity contribution in [2.24, 2.45) is 0 Å². The standard InChI is InChI=1S/C27H27N5O4S/c1-5-16-7-6-8-17(9-16)25-30-26(20-12-19(14-33)37-27(20)31-25)29-23-13-32(15-28-23)18-10-21(34-2)24(36-4)22(11-18)35-3/h6-13,15,33H,5,14H2,1-4H3,(H,29,30,31). The molecular formula is C27H27N5O4S. The van der Waals surface area contributed by atoms with Gasteiger partial charge in [-0.2, -0.15) is 0 Å². The highest BCUT2D eigenvalue weighted by molar-refractivity contribution is 7.18. The zero-order valence-corrected chi connectivity index (χ0v) is 21.8. The van der Waals surface area contributed by atoms with Crippen LogP contribution in [-0.4, -0.2) is 46.0 Å². The van der Waals surface area contributed by atoms with Gasteiger partial charge in [0.25, 0.3) is 0 Å². The van der Waals surface area contributed by atoms with Gasteiger partial charge in [-0.3, -0.25) is 0 Å². The van der Waals surface area contributed by atoms with Crippen LogP contribution in [0.25, 0.3) is 27.3 Å². The molecule has 5 rings (SSSR count). The Morgan fingerprint density at radius 2 is 1.78 bits per heavy atom. The molecule has 2 aromatic carbocycles. The van der Waals surface area contributed by atoms with Crippen LogP contribution in [0.2, 0.25) is 0 Å². The summed E-state index contributed by atoms with van der Waals surface area (Å²) in [6.07, 6.45) is 4.47. The van der Waals surface area contributed by atoms with E-state index < -0.39 is 0 Å². The minimum absolute atomic E-state index is 0.0586. The van der Waals surface area contributed by atoms with Crippen LogP contribution in [-0.2, 0) is 13.0 Å². The number of hydrogen-bond acceptors (Lipinski definition) is 9. The molecule has 0 aliphatic carbocycles. The average Bonchev–Trinajstić information content (AvgIpc) is 3.59. The molecule has 0 aliphatic rings. The number of fused-ring (bicyclic) bond motifs is 1. The van der Waals surface area contributed by atoms with Crippen LogP contribution in [0.1, 0.15) is 17.4 Å². The highest BCUT2D eigenvalue weighted by atomic mass is 32.1.